The Morgan fingerprint density at radius 1 is 1.08 bits per heavy atom. The average Bonchev–Trinajstić information content (AvgIpc) is 2.73. The molecule has 132 valence electrons. The van der Waals surface area contributed by atoms with Crippen LogP contribution in [0.4, 0.5) is 5.69 Å². The van der Waals surface area contributed by atoms with Gasteiger partial charge in [-0.1, -0.05) is 18.2 Å². The highest BCUT2D eigenvalue weighted by atomic mass is 16.5. The van der Waals surface area contributed by atoms with Gasteiger partial charge < -0.3 is 14.4 Å². The Balaban J connectivity index is 1.83. The lowest BCUT2D eigenvalue weighted by molar-refractivity contribution is 0.103. The fourth-order valence-corrected chi connectivity index (χ4v) is 3.32. The minimum absolute atomic E-state index is 0.0348. The lowest BCUT2D eigenvalue weighted by Gasteiger charge is -2.31. The number of nitrogens with zero attached hydrogens (tertiary/aromatic N) is 2. The molecule has 4 rings (SSSR count). The molecule has 0 amide bonds. The molecule has 2 aromatic carbocycles. The molecule has 0 spiro atoms. The number of aromatic nitrogens is 1. The number of benzene rings is 2. The van der Waals surface area contributed by atoms with E-state index in [-0.39, 0.29) is 5.78 Å². The molecule has 1 saturated heterocycles. The first-order valence-corrected chi connectivity index (χ1v) is 8.67. The number of hydrogen-bond donors (Lipinski definition) is 0. The number of carbonyl (C=O) groups excluding carboxylic acids is 1. The van der Waals surface area contributed by atoms with E-state index in [0.29, 0.717) is 24.3 Å². The molecule has 5 heteroatoms. The molecule has 1 aromatic heterocycles. The van der Waals surface area contributed by atoms with E-state index in [1.54, 1.807) is 37.6 Å². The summed E-state index contributed by atoms with van der Waals surface area (Å²) in [4.78, 5) is 20.0. The van der Waals surface area contributed by atoms with E-state index >= 15 is 0 Å². The van der Waals surface area contributed by atoms with Crippen molar-refractivity contribution in [3.63, 3.8) is 0 Å². The van der Waals surface area contributed by atoms with Gasteiger partial charge in [0.1, 0.15) is 5.75 Å². The Labute approximate surface area is 152 Å². The molecule has 0 saturated carbocycles. The van der Waals surface area contributed by atoms with Crippen molar-refractivity contribution in [2.45, 2.75) is 0 Å². The number of carbonyl (C=O) groups is 1. The lowest BCUT2D eigenvalue weighted by atomic mass is 9.99. The number of morpholine rings is 1. The number of hydrogen-bond acceptors (Lipinski definition) is 5. The van der Waals surface area contributed by atoms with Crippen LogP contribution in [0, 0.1) is 0 Å². The van der Waals surface area contributed by atoms with Gasteiger partial charge in [0, 0.05) is 30.2 Å². The van der Waals surface area contributed by atoms with Crippen LogP contribution in [0.5, 0.6) is 5.75 Å². The number of anilines is 1. The van der Waals surface area contributed by atoms with E-state index in [4.69, 9.17) is 9.47 Å². The quantitative estimate of drug-likeness (QED) is 0.677. The predicted molar refractivity (Wildman–Crippen MR) is 101 cm³/mol. The van der Waals surface area contributed by atoms with Crippen LogP contribution in [0.25, 0.3) is 10.9 Å². The molecule has 1 aliphatic rings. The van der Waals surface area contributed by atoms with Gasteiger partial charge in [0.25, 0.3) is 0 Å². The summed E-state index contributed by atoms with van der Waals surface area (Å²) in [5.74, 6) is 0.694. The molecule has 0 atom stereocenters. The Kier molecular flexibility index (Phi) is 4.54. The van der Waals surface area contributed by atoms with Crippen LogP contribution in [0.15, 0.2) is 54.7 Å². The van der Waals surface area contributed by atoms with E-state index in [2.05, 4.69) is 9.88 Å². The molecule has 26 heavy (non-hydrogen) atoms. The van der Waals surface area contributed by atoms with Crippen LogP contribution in [0.3, 0.4) is 0 Å². The van der Waals surface area contributed by atoms with Crippen molar-refractivity contribution in [3.05, 3.63) is 65.9 Å². The van der Waals surface area contributed by atoms with Gasteiger partial charge in [0.2, 0.25) is 0 Å². The fraction of sp³-hybridized carbons (Fsp3) is 0.238. The summed E-state index contributed by atoms with van der Waals surface area (Å²) in [6.07, 6.45) is 1.69. The third-order valence-corrected chi connectivity index (χ3v) is 4.67. The van der Waals surface area contributed by atoms with Crippen LogP contribution in [0.2, 0.25) is 0 Å². The SMILES string of the molecule is COc1ccc(C(=O)c2cnc3ccccc3c2N2CCOCC2)cc1. The summed E-state index contributed by atoms with van der Waals surface area (Å²) in [6, 6.07) is 15.1. The van der Waals surface area contributed by atoms with Gasteiger partial charge in [-0.2, -0.15) is 0 Å². The standard InChI is InChI=1S/C21H20N2O3/c1-25-16-8-6-15(7-9-16)21(24)18-14-22-19-5-3-2-4-17(19)20(18)23-10-12-26-13-11-23/h2-9,14H,10-13H2,1H3. The molecule has 0 aliphatic carbocycles. The normalized spacial score (nSPS) is 14.4. The highest BCUT2D eigenvalue weighted by molar-refractivity contribution is 6.16. The number of fused-ring (bicyclic) bond motifs is 1. The number of pyridine rings is 1. The van der Waals surface area contributed by atoms with E-state index in [1.807, 2.05) is 24.3 Å². The van der Waals surface area contributed by atoms with Gasteiger partial charge in [0.05, 0.1) is 37.1 Å². The Hall–Kier alpha value is -2.92. The van der Waals surface area contributed by atoms with Crippen LogP contribution in [-0.4, -0.2) is 44.2 Å². The molecule has 0 unspecified atom stereocenters. The summed E-state index contributed by atoms with van der Waals surface area (Å²) < 4.78 is 10.7. The summed E-state index contributed by atoms with van der Waals surface area (Å²) in [5, 5.41) is 0.994. The molecule has 1 fully saturated rings. The van der Waals surface area contributed by atoms with E-state index in [0.717, 1.165) is 35.4 Å². The summed E-state index contributed by atoms with van der Waals surface area (Å²) in [5.41, 5.74) is 3.08. The average molecular weight is 348 g/mol. The maximum Gasteiger partial charge on any atom is 0.196 e. The highest BCUT2D eigenvalue weighted by Gasteiger charge is 2.23. The van der Waals surface area contributed by atoms with Crippen molar-refractivity contribution >= 4 is 22.4 Å². The van der Waals surface area contributed by atoms with Crippen LogP contribution in [-0.2, 0) is 4.74 Å². The zero-order chi connectivity index (χ0) is 17.9. The first-order valence-electron chi connectivity index (χ1n) is 8.67. The second-order valence-electron chi connectivity index (χ2n) is 6.19. The van der Waals surface area contributed by atoms with Crippen LogP contribution >= 0.6 is 0 Å². The zero-order valence-electron chi connectivity index (χ0n) is 14.6. The molecule has 3 aromatic rings. The Morgan fingerprint density at radius 3 is 2.54 bits per heavy atom. The topological polar surface area (TPSA) is 51.7 Å². The van der Waals surface area contributed by atoms with Crippen molar-refractivity contribution in [3.8, 4) is 5.75 Å². The minimum atomic E-state index is -0.0348. The van der Waals surface area contributed by atoms with Gasteiger partial charge in [-0.15, -0.1) is 0 Å². The largest absolute Gasteiger partial charge is 0.497 e. The smallest absolute Gasteiger partial charge is 0.196 e. The summed E-state index contributed by atoms with van der Waals surface area (Å²) in [7, 11) is 1.61. The second-order valence-corrected chi connectivity index (χ2v) is 6.19. The van der Waals surface area contributed by atoms with Crippen LogP contribution in [0.1, 0.15) is 15.9 Å². The first kappa shape index (κ1) is 16.5. The number of ether oxygens (including phenoxy) is 2. The molecular formula is C21H20N2O3. The van der Waals surface area contributed by atoms with Crippen molar-refractivity contribution in [1.29, 1.82) is 0 Å². The summed E-state index contributed by atoms with van der Waals surface area (Å²) >= 11 is 0. The molecule has 0 bridgehead atoms. The third-order valence-electron chi connectivity index (χ3n) is 4.67. The van der Waals surface area contributed by atoms with Gasteiger partial charge in [0.15, 0.2) is 5.78 Å². The minimum Gasteiger partial charge on any atom is -0.497 e. The number of methoxy groups -OCH3 is 1. The molecule has 0 N–H and O–H groups in total. The maximum absolute atomic E-state index is 13.2. The monoisotopic (exact) mass is 348 g/mol. The number of rotatable bonds is 4. The predicted octanol–water partition coefficient (Wildman–Crippen LogP) is 3.31. The van der Waals surface area contributed by atoms with Crippen molar-refractivity contribution < 1.29 is 14.3 Å². The third kappa shape index (κ3) is 3.02. The lowest BCUT2D eigenvalue weighted by Crippen LogP contribution is -2.37. The fourth-order valence-electron chi connectivity index (χ4n) is 3.32. The van der Waals surface area contributed by atoms with Crippen molar-refractivity contribution in [2.24, 2.45) is 0 Å². The molecular weight excluding hydrogens is 328 g/mol. The summed E-state index contributed by atoms with van der Waals surface area (Å²) in [6.45, 7) is 2.84. The van der Waals surface area contributed by atoms with E-state index in [9.17, 15) is 4.79 Å². The molecule has 1 aliphatic heterocycles. The van der Waals surface area contributed by atoms with Gasteiger partial charge in [-0.25, -0.2) is 0 Å². The Morgan fingerprint density at radius 2 is 1.81 bits per heavy atom. The highest BCUT2D eigenvalue weighted by Crippen LogP contribution is 2.32. The van der Waals surface area contributed by atoms with Gasteiger partial charge >= 0.3 is 0 Å². The Bertz CT molecular complexity index is 932. The first-order chi connectivity index (χ1) is 12.8. The molecule has 2 heterocycles. The second kappa shape index (κ2) is 7.14. The number of para-hydroxylation sites is 1. The van der Waals surface area contributed by atoms with E-state index < -0.39 is 0 Å². The molecule has 5 nitrogen and oxygen atoms in total. The molecule has 0 radical (unpaired) electrons. The van der Waals surface area contributed by atoms with E-state index in [1.165, 1.54) is 0 Å². The van der Waals surface area contributed by atoms with Crippen LogP contribution < -0.4 is 9.64 Å². The number of ketones is 1. The van der Waals surface area contributed by atoms with Gasteiger partial charge in [-0.05, 0) is 30.3 Å². The van der Waals surface area contributed by atoms with Gasteiger partial charge in [-0.3, -0.25) is 9.78 Å². The van der Waals surface area contributed by atoms with Crippen molar-refractivity contribution in [2.75, 3.05) is 38.3 Å². The van der Waals surface area contributed by atoms with Crippen molar-refractivity contribution in [1.82, 2.24) is 4.98 Å². The maximum atomic E-state index is 13.2. The zero-order valence-corrected chi connectivity index (χ0v) is 14.6.